The molecule has 2 fully saturated rings. The molecule has 4 rings (SSSR count). The van der Waals surface area contributed by atoms with Gasteiger partial charge in [-0.05, 0) is 37.5 Å². The lowest BCUT2D eigenvalue weighted by Crippen LogP contribution is -2.51. The number of nitrogens with zero attached hydrogens (tertiary/aromatic N) is 4. The highest BCUT2D eigenvalue weighted by Gasteiger charge is 2.52. The number of imide groups is 1. The number of hydrazine groups is 1. The average molecular weight is 449 g/mol. The number of amides is 4. The zero-order valence-electron chi connectivity index (χ0n) is 16.4. The van der Waals surface area contributed by atoms with Gasteiger partial charge in [0.2, 0.25) is 5.91 Å². The van der Waals surface area contributed by atoms with Gasteiger partial charge in [0.15, 0.2) is 5.16 Å². The van der Waals surface area contributed by atoms with Gasteiger partial charge in [-0.25, -0.2) is 4.79 Å². The first kappa shape index (κ1) is 20.7. The number of carbonyl (C=O) groups excluding carboxylic acids is 3. The first-order chi connectivity index (χ1) is 14.4. The molecule has 11 heteroatoms. The smallest absolute Gasteiger partial charge is 0.322 e. The lowest BCUT2D eigenvalue weighted by Gasteiger charge is -2.30. The summed E-state index contributed by atoms with van der Waals surface area (Å²) in [6.07, 6.45) is 5.53. The number of aromatic nitrogens is 3. The highest BCUT2D eigenvalue weighted by atomic mass is 35.5. The van der Waals surface area contributed by atoms with E-state index in [1.54, 1.807) is 10.6 Å². The standard InChI is InChI=1S/C19H21ClN6O3S/c1-12-5-6-13(9-14(12)20)25-11-21-23-18(25)30-10-15(27)24-26-16(28)19(22-17(26)29)7-3-2-4-8-19/h5-6,9,11H,2-4,7-8,10H2,1H3,(H,22,29)(H,24,27). The van der Waals surface area contributed by atoms with E-state index in [2.05, 4.69) is 20.9 Å². The quantitative estimate of drug-likeness (QED) is 0.537. The number of thioether (sulfide) groups is 1. The molecule has 1 aromatic heterocycles. The van der Waals surface area contributed by atoms with Crippen molar-refractivity contribution in [3.05, 3.63) is 35.1 Å². The molecule has 0 bridgehead atoms. The van der Waals surface area contributed by atoms with Crippen molar-refractivity contribution in [1.29, 1.82) is 0 Å². The molecule has 2 aromatic rings. The molecule has 1 spiro atoms. The van der Waals surface area contributed by atoms with Crippen LogP contribution in [0.3, 0.4) is 0 Å². The number of nitrogens with one attached hydrogen (secondary N) is 2. The second kappa shape index (κ2) is 8.27. The number of hydrogen-bond acceptors (Lipinski definition) is 6. The van der Waals surface area contributed by atoms with Gasteiger partial charge >= 0.3 is 6.03 Å². The van der Waals surface area contributed by atoms with E-state index in [0.717, 1.165) is 47.3 Å². The highest BCUT2D eigenvalue weighted by Crippen LogP contribution is 2.33. The molecular weight excluding hydrogens is 428 g/mol. The van der Waals surface area contributed by atoms with E-state index in [0.29, 0.717) is 23.0 Å². The fourth-order valence-corrected chi connectivity index (χ4v) is 4.63. The molecule has 1 saturated carbocycles. The fraction of sp³-hybridized carbons (Fsp3) is 0.421. The van der Waals surface area contributed by atoms with E-state index in [1.807, 2.05) is 19.1 Å². The molecule has 0 unspecified atom stereocenters. The fourth-order valence-electron chi connectivity index (χ4n) is 3.73. The van der Waals surface area contributed by atoms with E-state index in [9.17, 15) is 14.4 Å². The molecular formula is C19H21ClN6O3S. The second-order valence-electron chi connectivity index (χ2n) is 7.45. The van der Waals surface area contributed by atoms with Crippen molar-refractivity contribution >= 4 is 41.2 Å². The molecule has 30 heavy (non-hydrogen) atoms. The third-order valence-electron chi connectivity index (χ3n) is 5.39. The molecule has 1 aliphatic heterocycles. The number of aryl methyl sites for hydroxylation is 1. The third kappa shape index (κ3) is 3.89. The van der Waals surface area contributed by atoms with Gasteiger partial charge in [-0.2, -0.15) is 5.01 Å². The molecule has 2 aliphatic rings. The van der Waals surface area contributed by atoms with E-state index in [4.69, 9.17) is 11.6 Å². The van der Waals surface area contributed by atoms with Crippen LogP contribution in [0.2, 0.25) is 5.02 Å². The maximum absolute atomic E-state index is 12.7. The van der Waals surface area contributed by atoms with E-state index in [-0.39, 0.29) is 11.7 Å². The topological polar surface area (TPSA) is 109 Å². The van der Waals surface area contributed by atoms with Crippen molar-refractivity contribution in [3.63, 3.8) is 0 Å². The number of benzene rings is 1. The summed E-state index contributed by atoms with van der Waals surface area (Å²) in [5, 5.41) is 12.6. The Balaban J connectivity index is 1.39. The van der Waals surface area contributed by atoms with Crippen LogP contribution in [-0.4, -0.2) is 48.9 Å². The SMILES string of the molecule is Cc1ccc(-n2cnnc2SCC(=O)NN2C(=O)NC3(CCCCC3)C2=O)cc1Cl. The Morgan fingerprint density at radius 2 is 2.07 bits per heavy atom. The van der Waals surface area contributed by atoms with Crippen molar-refractivity contribution in [3.8, 4) is 5.69 Å². The Bertz CT molecular complexity index is 1000. The van der Waals surface area contributed by atoms with Gasteiger partial charge in [0.1, 0.15) is 11.9 Å². The molecule has 2 heterocycles. The Morgan fingerprint density at radius 1 is 1.30 bits per heavy atom. The van der Waals surface area contributed by atoms with Crippen molar-refractivity contribution in [2.45, 2.75) is 49.7 Å². The number of urea groups is 1. The predicted octanol–water partition coefficient (Wildman–Crippen LogP) is 2.61. The van der Waals surface area contributed by atoms with Gasteiger partial charge in [0.25, 0.3) is 5.91 Å². The first-order valence-electron chi connectivity index (χ1n) is 9.65. The van der Waals surface area contributed by atoms with Gasteiger partial charge in [-0.15, -0.1) is 10.2 Å². The lowest BCUT2D eigenvalue weighted by molar-refractivity contribution is -0.139. The minimum absolute atomic E-state index is 0.0393. The number of rotatable bonds is 5. The Kier molecular flexibility index (Phi) is 5.70. The van der Waals surface area contributed by atoms with Crippen LogP contribution >= 0.6 is 23.4 Å². The monoisotopic (exact) mass is 448 g/mol. The molecule has 1 aromatic carbocycles. The van der Waals surface area contributed by atoms with Crippen LogP contribution in [0.25, 0.3) is 5.69 Å². The third-order valence-corrected chi connectivity index (χ3v) is 6.74. The summed E-state index contributed by atoms with van der Waals surface area (Å²) >= 11 is 7.34. The van der Waals surface area contributed by atoms with Crippen LogP contribution in [0.5, 0.6) is 0 Å². The largest absolute Gasteiger partial charge is 0.344 e. The lowest BCUT2D eigenvalue weighted by atomic mass is 9.82. The number of carbonyl (C=O) groups is 3. The summed E-state index contributed by atoms with van der Waals surface area (Å²) in [4.78, 5) is 37.4. The van der Waals surface area contributed by atoms with Crippen molar-refractivity contribution in [1.82, 2.24) is 30.5 Å². The zero-order chi connectivity index (χ0) is 21.3. The summed E-state index contributed by atoms with van der Waals surface area (Å²) in [5.74, 6) is -0.904. The summed E-state index contributed by atoms with van der Waals surface area (Å²) in [6, 6.07) is 4.97. The minimum Gasteiger partial charge on any atom is -0.322 e. The van der Waals surface area contributed by atoms with Gasteiger partial charge in [0, 0.05) is 5.02 Å². The van der Waals surface area contributed by atoms with Crippen molar-refractivity contribution in [2.24, 2.45) is 0 Å². The number of halogens is 1. The average Bonchev–Trinajstić information content (AvgIpc) is 3.28. The van der Waals surface area contributed by atoms with Crippen LogP contribution < -0.4 is 10.7 Å². The van der Waals surface area contributed by atoms with Crippen LogP contribution in [-0.2, 0) is 9.59 Å². The van der Waals surface area contributed by atoms with E-state index in [1.165, 1.54) is 6.33 Å². The molecule has 0 atom stereocenters. The van der Waals surface area contributed by atoms with Crippen LogP contribution in [0.1, 0.15) is 37.7 Å². The van der Waals surface area contributed by atoms with Gasteiger partial charge in [0.05, 0.1) is 11.4 Å². The van der Waals surface area contributed by atoms with Gasteiger partial charge < -0.3 is 5.32 Å². The molecule has 9 nitrogen and oxygen atoms in total. The van der Waals surface area contributed by atoms with Crippen LogP contribution in [0.15, 0.2) is 29.7 Å². The Hall–Kier alpha value is -2.59. The maximum atomic E-state index is 12.7. The zero-order valence-corrected chi connectivity index (χ0v) is 17.9. The highest BCUT2D eigenvalue weighted by molar-refractivity contribution is 7.99. The van der Waals surface area contributed by atoms with Gasteiger partial charge in [-0.3, -0.25) is 19.6 Å². The summed E-state index contributed by atoms with van der Waals surface area (Å²) in [6.45, 7) is 1.91. The number of hydrogen-bond donors (Lipinski definition) is 2. The van der Waals surface area contributed by atoms with Crippen molar-refractivity contribution in [2.75, 3.05) is 5.75 Å². The van der Waals surface area contributed by atoms with Crippen LogP contribution in [0.4, 0.5) is 4.79 Å². The Morgan fingerprint density at radius 3 is 2.80 bits per heavy atom. The summed E-state index contributed by atoms with van der Waals surface area (Å²) < 4.78 is 1.72. The summed E-state index contributed by atoms with van der Waals surface area (Å²) in [5.41, 5.74) is 3.27. The van der Waals surface area contributed by atoms with E-state index < -0.39 is 17.5 Å². The van der Waals surface area contributed by atoms with Crippen LogP contribution in [0, 0.1) is 6.92 Å². The summed E-state index contributed by atoms with van der Waals surface area (Å²) in [7, 11) is 0. The molecule has 1 saturated heterocycles. The maximum Gasteiger partial charge on any atom is 0.344 e. The van der Waals surface area contributed by atoms with Gasteiger partial charge in [-0.1, -0.05) is 48.7 Å². The molecule has 4 amide bonds. The Labute approximate surface area is 182 Å². The molecule has 1 aliphatic carbocycles. The predicted molar refractivity (Wildman–Crippen MR) is 111 cm³/mol. The minimum atomic E-state index is -0.874. The van der Waals surface area contributed by atoms with E-state index >= 15 is 0 Å². The molecule has 0 radical (unpaired) electrons. The first-order valence-corrected chi connectivity index (χ1v) is 11.0. The normalized spacial score (nSPS) is 18.0. The molecule has 2 N–H and O–H groups in total. The second-order valence-corrected chi connectivity index (χ2v) is 8.80. The van der Waals surface area contributed by atoms with Crippen molar-refractivity contribution < 1.29 is 14.4 Å². The molecule has 158 valence electrons.